The van der Waals surface area contributed by atoms with Crippen molar-refractivity contribution in [3.05, 3.63) is 28.3 Å². The minimum Gasteiger partial charge on any atom is -0.368 e. The number of nitrogens with one attached hydrogen (secondary N) is 2. The summed E-state index contributed by atoms with van der Waals surface area (Å²) in [6, 6.07) is 3.55. The minimum atomic E-state index is -0.592. The first-order chi connectivity index (χ1) is 12.0. The Hall–Kier alpha value is -2.97. The van der Waals surface area contributed by atoms with Gasteiger partial charge in [0.05, 0.1) is 10.6 Å². The van der Waals surface area contributed by atoms with Gasteiger partial charge < -0.3 is 10.6 Å². The highest BCUT2D eigenvalue weighted by Crippen LogP contribution is 2.32. The summed E-state index contributed by atoms with van der Waals surface area (Å²) in [7, 11) is 0. The summed E-state index contributed by atoms with van der Waals surface area (Å²) in [6.07, 6.45) is 2.49. The number of anilines is 2. The van der Waals surface area contributed by atoms with Crippen molar-refractivity contribution in [3.8, 4) is 0 Å². The molecule has 9 heteroatoms. The van der Waals surface area contributed by atoms with Crippen LogP contribution in [-0.4, -0.2) is 35.2 Å². The van der Waals surface area contributed by atoms with E-state index < -0.39 is 11.0 Å². The van der Waals surface area contributed by atoms with Crippen LogP contribution in [0.3, 0.4) is 0 Å². The first-order valence-corrected chi connectivity index (χ1v) is 8.16. The van der Waals surface area contributed by atoms with Gasteiger partial charge in [-0.05, 0) is 31.4 Å². The minimum absolute atomic E-state index is 0.106. The molecule has 2 saturated heterocycles. The van der Waals surface area contributed by atoms with Gasteiger partial charge in [-0.15, -0.1) is 0 Å². The molecular formula is C16H18N4O5. The molecule has 0 saturated carbocycles. The molecule has 25 heavy (non-hydrogen) atoms. The van der Waals surface area contributed by atoms with Crippen molar-refractivity contribution in [1.29, 1.82) is 0 Å². The molecule has 2 aliphatic heterocycles. The number of amides is 3. The lowest BCUT2D eigenvalue weighted by atomic mass is 10.1. The number of hydrogen-bond acceptors (Lipinski definition) is 6. The van der Waals surface area contributed by atoms with E-state index in [0.717, 1.165) is 17.7 Å². The van der Waals surface area contributed by atoms with E-state index in [2.05, 4.69) is 10.6 Å². The lowest BCUT2D eigenvalue weighted by Gasteiger charge is -2.18. The fourth-order valence-corrected chi connectivity index (χ4v) is 3.06. The van der Waals surface area contributed by atoms with Gasteiger partial charge in [-0.3, -0.25) is 29.4 Å². The molecule has 9 nitrogen and oxygen atoms in total. The van der Waals surface area contributed by atoms with E-state index in [9.17, 15) is 24.5 Å². The molecule has 1 unspecified atom stereocenters. The van der Waals surface area contributed by atoms with Crippen LogP contribution in [0.15, 0.2) is 18.2 Å². The number of rotatable bonds is 4. The monoisotopic (exact) mass is 346 g/mol. The second-order valence-electron chi connectivity index (χ2n) is 6.07. The van der Waals surface area contributed by atoms with E-state index in [0.29, 0.717) is 13.0 Å². The molecule has 3 amide bonds. The Labute approximate surface area is 143 Å². The topological polar surface area (TPSA) is 122 Å². The third-order valence-electron chi connectivity index (χ3n) is 4.35. The molecule has 2 heterocycles. The van der Waals surface area contributed by atoms with E-state index in [1.54, 1.807) is 0 Å². The predicted octanol–water partition coefficient (Wildman–Crippen LogP) is 1.33. The normalized spacial score (nSPS) is 21.0. The SMILES string of the molecule is O=C1NCCCCC1Nc1ccc(N2C(=O)CCC2=O)cc1[N+](=O)[O-]. The smallest absolute Gasteiger partial charge is 0.294 e. The van der Waals surface area contributed by atoms with Gasteiger partial charge in [0, 0.05) is 25.5 Å². The molecule has 1 aromatic rings. The van der Waals surface area contributed by atoms with Gasteiger partial charge in [0.25, 0.3) is 5.69 Å². The van der Waals surface area contributed by atoms with Crippen LogP contribution in [0, 0.1) is 10.1 Å². The van der Waals surface area contributed by atoms with Crippen LogP contribution in [0.5, 0.6) is 0 Å². The molecule has 0 aliphatic carbocycles. The van der Waals surface area contributed by atoms with Gasteiger partial charge in [-0.2, -0.15) is 0 Å². The maximum absolute atomic E-state index is 12.0. The summed E-state index contributed by atoms with van der Waals surface area (Å²) < 4.78 is 0. The van der Waals surface area contributed by atoms with Crippen LogP contribution in [0.1, 0.15) is 32.1 Å². The average molecular weight is 346 g/mol. The van der Waals surface area contributed by atoms with E-state index >= 15 is 0 Å². The third-order valence-corrected chi connectivity index (χ3v) is 4.35. The molecule has 0 bridgehead atoms. The highest BCUT2D eigenvalue weighted by molar-refractivity contribution is 6.20. The number of nitrogens with zero attached hydrogens (tertiary/aromatic N) is 2. The van der Waals surface area contributed by atoms with Crippen molar-refractivity contribution < 1.29 is 19.3 Å². The zero-order valence-corrected chi connectivity index (χ0v) is 13.5. The molecule has 1 aromatic carbocycles. The van der Waals surface area contributed by atoms with Gasteiger partial charge >= 0.3 is 0 Å². The number of hydrogen-bond donors (Lipinski definition) is 2. The molecule has 1 atom stereocenters. The highest BCUT2D eigenvalue weighted by Gasteiger charge is 2.32. The molecule has 2 fully saturated rings. The summed E-state index contributed by atoms with van der Waals surface area (Å²) in [6.45, 7) is 0.594. The van der Waals surface area contributed by atoms with Crippen LogP contribution >= 0.6 is 0 Å². The van der Waals surface area contributed by atoms with Crippen LogP contribution in [0.4, 0.5) is 17.1 Å². The Morgan fingerprint density at radius 3 is 2.56 bits per heavy atom. The van der Waals surface area contributed by atoms with Gasteiger partial charge in [0.15, 0.2) is 0 Å². The summed E-state index contributed by atoms with van der Waals surface area (Å²) >= 11 is 0. The second-order valence-corrected chi connectivity index (χ2v) is 6.07. The van der Waals surface area contributed by atoms with Crippen molar-refractivity contribution in [3.63, 3.8) is 0 Å². The number of imide groups is 1. The first kappa shape index (κ1) is 16.9. The van der Waals surface area contributed by atoms with Gasteiger partial charge in [-0.1, -0.05) is 0 Å². The van der Waals surface area contributed by atoms with Gasteiger partial charge in [-0.25, -0.2) is 0 Å². The van der Waals surface area contributed by atoms with Crippen LogP contribution < -0.4 is 15.5 Å². The average Bonchev–Trinajstić information content (AvgIpc) is 2.78. The van der Waals surface area contributed by atoms with E-state index in [-0.39, 0.29) is 47.6 Å². The van der Waals surface area contributed by atoms with Crippen molar-refractivity contribution in [2.45, 2.75) is 38.1 Å². The molecule has 132 valence electrons. The number of nitro benzene ring substituents is 1. The lowest BCUT2D eigenvalue weighted by Crippen LogP contribution is -2.38. The summed E-state index contributed by atoms with van der Waals surface area (Å²) in [4.78, 5) is 47.4. The molecular weight excluding hydrogens is 328 g/mol. The summed E-state index contributed by atoms with van der Waals surface area (Å²) in [5.41, 5.74) is 0.0898. The molecule has 0 aromatic heterocycles. The quantitative estimate of drug-likeness (QED) is 0.482. The number of carbonyl (C=O) groups excluding carboxylic acids is 3. The van der Waals surface area contributed by atoms with Crippen molar-refractivity contribution in [2.75, 3.05) is 16.8 Å². The Bertz CT molecular complexity index is 732. The second kappa shape index (κ2) is 6.88. The third kappa shape index (κ3) is 3.44. The van der Waals surface area contributed by atoms with Crippen LogP contribution in [0.2, 0.25) is 0 Å². The molecule has 0 spiro atoms. The molecule has 2 N–H and O–H groups in total. The first-order valence-electron chi connectivity index (χ1n) is 8.16. The standard InChI is InChI=1S/C16H18N4O5/c21-14-6-7-15(22)19(14)10-4-5-11(13(9-10)20(24)25)18-12-3-1-2-8-17-16(12)23/h4-5,9,12,18H,1-3,6-8H2,(H,17,23). The van der Waals surface area contributed by atoms with Crippen molar-refractivity contribution in [2.24, 2.45) is 0 Å². The van der Waals surface area contributed by atoms with Crippen molar-refractivity contribution in [1.82, 2.24) is 5.32 Å². The Morgan fingerprint density at radius 2 is 1.88 bits per heavy atom. The zero-order valence-electron chi connectivity index (χ0n) is 13.5. The van der Waals surface area contributed by atoms with Crippen LogP contribution in [-0.2, 0) is 14.4 Å². The number of carbonyl (C=O) groups is 3. The Kier molecular flexibility index (Phi) is 4.64. The van der Waals surface area contributed by atoms with E-state index in [1.165, 1.54) is 18.2 Å². The molecule has 2 aliphatic rings. The molecule has 3 rings (SSSR count). The van der Waals surface area contributed by atoms with E-state index in [1.807, 2.05) is 0 Å². The maximum atomic E-state index is 12.0. The largest absolute Gasteiger partial charge is 0.368 e. The van der Waals surface area contributed by atoms with Crippen molar-refractivity contribution >= 4 is 34.8 Å². The number of nitro groups is 1. The Morgan fingerprint density at radius 1 is 1.16 bits per heavy atom. The summed E-state index contributed by atoms with van der Waals surface area (Å²) in [5, 5.41) is 17.1. The van der Waals surface area contributed by atoms with Gasteiger partial charge in [0.2, 0.25) is 17.7 Å². The predicted molar refractivity (Wildman–Crippen MR) is 89.1 cm³/mol. The fraction of sp³-hybridized carbons (Fsp3) is 0.438. The number of benzene rings is 1. The lowest BCUT2D eigenvalue weighted by molar-refractivity contribution is -0.383. The summed E-state index contributed by atoms with van der Waals surface area (Å²) in [5.74, 6) is -0.938. The van der Waals surface area contributed by atoms with Crippen LogP contribution in [0.25, 0.3) is 0 Å². The van der Waals surface area contributed by atoms with E-state index in [4.69, 9.17) is 0 Å². The maximum Gasteiger partial charge on any atom is 0.294 e. The Balaban J connectivity index is 1.89. The highest BCUT2D eigenvalue weighted by atomic mass is 16.6. The van der Waals surface area contributed by atoms with Gasteiger partial charge in [0.1, 0.15) is 11.7 Å². The fourth-order valence-electron chi connectivity index (χ4n) is 3.06. The zero-order chi connectivity index (χ0) is 18.0. The molecule has 0 radical (unpaired) electrons.